The molecule has 0 spiro atoms. The Morgan fingerprint density at radius 1 is 1.38 bits per heavy atom. The second-order valence-electron chi connectivity index (χ2n) is 6.74. The Labute approximate surface area is 127 Å². The highest BCUT2D eigenvalue weighted by Crippen LogP contribution is 2.52. The van der Waals surface area contributed by atoms with Crippen molar-refractivity contribution in [3.05, 3.63) is 35.4 Å². The van der Waals surface area contributed by atoms with Crippen molar-refractivity contribution in [2.24, 2.45) is 5.92 Å². The predicted molar refractivity (Wildman–Crippen MR) is 86.0 cm³/mol. The molecule has 1 fully saturated rings. The Morgan fingerprint density at radius 2 is 2.19 bits per heavy atom. The van der Waals surface area contributed by atoms with E-state index < -0.39 is 0 Å². The molecule has 3 atom stereocenters. The number of phenolic OH excluding ortho intramolecular Hbond substituents is 1. The van der Waals surface area contributed by atoms with Crippen molar-refractivity contribution in [1.29, 1.82) is 0 Å². The lowest BCUT2D eigenvalue weighted by Gasteiger charge is -2.42. The van der Waals surface area contributed by atoms with Crippen molar-refractivity contribution in [3.8, 4) is 11.5 Å². The zero-order chi connectivity index (χ0) is 15.0. The van der Waals surface area contributed by atoms with Gasteiger partial charge in [-0.2, -0.15) is 0 Å². The molecule has 2 nitrogen and oxygen atoms in total. The molecule has 114 valence electrons. The molecule has 1 aliphatic heterocycles. The second-order valence-corrected chi connectivity index (χ2v) is 6.74. The lowest BCUT2D eigenvalue weighted by molar-refractivity contribution is 0.0972. The van der Waals surface area contributed by atoms with E-state index in [9.17, 15) is 5.11 Å². The molecule has 21 heavy (non-hydrogen) atoms. The number of benzene rings is 1. The van der Waals surface area contributed by atoms with E-state index in [0.29, 0.717) is 23.7 Å². The Kier molecular flexibility index (Phi) is 3.97. The van der Waals surface area contributed by atoms with Crippen LogP contribution in [-0.2, 0) is 6.42 Å². The van der Waals surface area contributed by atoms with E-state index in [0.717, 1.165) is 43.4 Å². The zero-order valence-electron chi connectivity index (χ0n) is 13.2. The topological polar surface area (TPSA) is 29.5 Å². The van der Waals surface area contributed by atoms with Crippen LogP contribution >= 0.6 is 0 Å². The van der Waals surface area contributed by atoms with Gasteiger partial charge in [0, 0.05) is 11.5 Å². The predicted octanol–water partition coefficient (Wildman–Crippen LogP) is 4.96. The molecule has 1 saturated carbocycles. The van der Waals surface area contributed by atoms with E-state index in [-0.39, 0.29) is 0 Å². The van der Waals surface area contributed by atoms with E-state index in [1.807, 2.05) is 6.07 Å². The van der Waals surface area contributed by atoms with Crippen molar-refractivity contribution in [3.63, 3.8) is 0 Å². The van der Waals surface area contributed by atoms with E-state index in [4.69, 9.17) is 4.74 Å². The zero-order valence-corrected chi connectivity index (χ0v) is 13.2. The molecule has 0 aromatic heterocycles. The van der Waals surface area contributed by atoms with Gasteiger partial charge in [0.05, 0.1) is 6.10 Å². The number of aryl methyl sites for hydroxylation is 1. The first kappa shape index (κ1) is 14.5. The molecule has 1 aromatic carbocycles. The van der Waals surface area contributed by atoms with Gasteiger partial charge in [-0.3, -0.25) is 0 Å². The summed E-state index contributed by atoms with van der Waals surface area (Å²) in [4.78, 5) is 0. The minimum Gasteiger partial charge on any atom is -0.508 e. The summed E-state index contributed by atoms with van der Waals surface area (Å²) >= 11 is 0. The van der Waals surface area contributed by atoms with E-state index in [1.165, 1.54) is 17.6 Å². The van der Waals surface area contributed by atoms with Crippen molar-refractivity contribution >= 4 is 0 Å². The number of hydrogen-bond acceptors (Lipinski definition) is 2. The number of fused-ring (bicyclic) bond motifs is 4. The number of allylic oxidation sites excluding steroid dienone is 1. The van der Waals surface area contributed by atoms with Crippen LogP contribution in [-0.4, -0.2) is 11.2 Å². The first-order valence-corrected chi connectivity index (χ1v) is 8.28. The van der Waals surface area contributed by atoms with Gasteiger partial charge in [0.2, 0.25) is 0 Å². The molecule has 0 radical (unpaired) electrons. The van der Waals surface area contributed by atoms with Crippen LogP contribution in [0.5, 0.6) is 11.5 Å². The SMILES string of the molecule is C=C(C)[C@@H]1CCC2C[C@@H]1c1c(O)cc(CCCC)cc1O2. The number of hydrogen-bond donors (Lipinski definition) is 1. The summed E-state index contributed by atoms with van der Waals surface area (Å²) < 4.78 is 6.14. The van der Waals surface area contributed by atoms with Gasteiger partial charge in [-0.1, -0.05) is 25.5 Å². The maximum absolute atomic E-state index is 10.5. The second kappa shape index (κ2) is 5.75. The van der Waals surface area contributed by atoms with Crippen LogP contribution in [0.25, 0.3) is 0 Å². The molecule has 1 aromatic rings. The number of phenols is 1. The van der Waals surface area contributed by atoms with Crippen molar-refractivity contribution in [1.82, 2.24) is 0 Å². The fourth-order valence-corrected chi connectivity index (χ4v) is 3.99. The third kappa shape index (κ3) is 2.68. The Balaban J connectivity index is 1.98. The normalized spacial score (nSPS) is 26.9. The van der Waals surface area contributed by atoms with E-state index >= 15 is 0 Å². The monoisotopic (exact) mass is 286 g/mol. The largest absolute Gasteiger partial charge is 0.508 e. The average molecular weight is 286 g/mol. The summed E-state index contributed by atoms with van der Waals surface area (Å²) in [7, 11) is 0. The van der Waals surface area contributed by atoms with Gasteiger partial charge in [-0.05, 0) is 62.6 Å². The van der Waals surface area contributed by atoms with Crippen LogP contribution < -0.4 is 4.74 Å². The average Bonchev–Trinajstić information content (AvgIpc) is 2.44. The van der Waals surface area contributed by atoms with Crippen molar-refractivity contribution < 1.29 is 9.84 Å². The van der Waals surface area contributed by atoms with Gasteiger partial charge in [0.15, 0.2) is 0 Å². The molecular formula is C19H26O2. The third-order valence-corrected chi connectivity index (χ3v) is 5.10. The van der Waals surface area contributed by atoms with Crippen LogP contribution in [0.4, 0.5) is 0 Å². The standard InChI is InChI=1S/C19H26O2/c1-4-5-6-13-9-17(20)19-16-11-14(21-18(19)10-13)7-8-15(16)12(2)3/h9-10,14-16,20H,2,4-8,11H2,1,3H3/t14?,15-,16-/m0/s1. The van der Waals surface area contributed by atoms with Gasteiger partial charge in [-0.25, -0.2) is 0 Å². The minimum absolute atomic E-state index is 0.318. The molecule has 3 rings (SSSR count). The summed E-state index contributed by atoms with van der Waals surface area (Å²) in [6.07, 6.45) is 6.90. The fourth-order valence-electron chi connectivity index (χ4n) is 3.99. The summed E-state index contributed by atoms with van der Waals surface area (Å²) in [5.41, 5.74) is 3.46. The highest BCUT2D eigenvalue weighted by atomic mass is 16.5. The summed E-state index contributed by atoms with van der Waals surface area (Å²) in [5, 5.41) is 10.5. The Morgan fingerprint density at radius 3 is 2.90 bits per heavy atom. The number of ether oxygens (including phenoxy) is 1. The van der Waals surface area contributed by atoms with E-state index in [2.05, 4.69) is 26.5 Å². The lowest BCUT2D eigenvalue weighted by Crippen LogP contribution is -2.35. The highest BCUT2D eigenvalue weighted by molar-refractivity contribution is 5.52. The van der Waals surface area contributed by atoms with Crippen LogP contribution in [0, 0.1) is 5.92 Å². The maximum Gasteiger partial charge on any atom is 0.127 e. The van der Waals surface area contributed by atoms with Crippen molar-refractivity contribution in [2.45, 2.75) is 64.4 Å². The molecule has 2 bridgehead atoms. The molecule has 1 heterocycles. The first-order chi connectivity index (χ1) is 10.1. The maximum atomic E-state index is 10.5. The fraction of sp³-hybridized carbons (Fsp3) is 0.579. The van der Waals surface area contributed by atoms with Crippen LogP contribution in [0.3, 0.4) is 0 Å². The highest BCUT2D eigenvalue weighted by Gasteiger charge is 2.40. The number of unbranched alkanes of at least 4 members (excludes halogenated alkanes) is 1. The van der Waals surface area contributed by atoms with Crippen LogP contribution in [0.15, 0.2) is 24.3 Å². The van der Waals surface area contributed by atoms with Gasteiger partial charge >= 0.3 is 0 Å². The summed E-state index contributed by atoms with van der Waals surface area (Å²) in [6.45, 7) is 8.47. The number of aromatic hydroxyl groups is 1. The molecule has 2 aliphatic rings. The summed E-state index contributed by atoms with van der Waals surface area (Å²) in [6, 6.07) is 4.10. The van der Waals surface area contributed by atoms with Gasteiger partial charge in [0.25, 0.3) is 0 Å². The third-order valence-electron chi connectivity index (χ3n) is 5.10. The first-order valence-electron chi connectivity index (χ1n) is 8.28. The molecule has 0 amide bonds. The lowest BCUT2D eigenvalue weighted by atomic mass is 9.69. The molecule has 0 saturated heterocycles. The molecule has 1 N–H and O–H groups in total. The quantitative estimate of drug-likeness (QED) is 0.793. The smallest absolute Gasteiger partial charge is 0.127 e. The van der Waals surface area contributed by atoms with Crippen LogP contribution in [0.1, 0.15) is 63.0 Å². The molecule has 1 aliphatic carbocycles. The van der Waals surface area contributed by atoms with Gasteiger partial charge in [-0.15, -0.1) is 0 Å². The van der Waals surface area contributed by atoms with E-state index in [1.54, 1.807) is 0 Å². The molecular weight excluding hydrogens is 260 g/mol. The Hall–Kier alpha value is -1.44. The molecule has 2 heteroatoms. The number of rotatable bonds is 4. The van der Waals surface area contributed by atoms with Crippen LogP contribution in [0.2, 0.25) is 0 Å². The van der Waals surface area contributed by atoms with Gasteiger partial charge < -0.3 is 9.84 Å². The van der Waals surface area contributed by atoms with Gasteiger partial charge in [0.1, 0.15) is 11.5 Å². The summed E-state index contributed by atoms with van der Waals surface area (Å²) in [5.74, 6) is 2.21. The van der Waals surface area contributed by atoms with Crippen molar-refractivity contribution in [2.75, 3.05) is 0 Å². The minimum atomic E-state index is 0.318. The molecule has 1 unspecified atom stereocenters. The Bertz CT molecular complexity index is 547.